The Morgan fingerprint density at radius 1 is 1.03 bits per heavy atom. The summed E-state index contributed by atoms with van der Waals surface area (Å²) in [5.41, 5.74) is 7.30. The van der Waals surface area contributed by atoms with Gasteiger partial charge in [0.1, 0.15) is 12.3 Å². The molecule has 0 aliphatic heterocycles. The summed E-state index contributed by atoms with van der Waals surface area (Å²) in [5, 5.41) is 14.0. The molecule has 0 spiro atoms. The molecule has 0 saturated heterocycles. The SMILES string of the molecule is CSCCc1c(-c2ccccc2)c(-c2ccc(C)cc2)nn1C[C@H]1CC[C@H](COCC(=O)O)CC1. The first kappa shape index (κ1) is 25.5. The molecule has 0 atom stereocenters. The zero-order chi connectivity index (χ0) is 24.6. The largest absolute Gasteiger partial charge is 0.480 e. The molecule has 3 aromatic rings. The second kappa shape index (κ2) is 12.4. The van der Waals surface area contributed by atoms with Crippen LogP contribution in [0.25, 0.3) is 22.4 Å². The maximum Gasteiger partial charge on any atom is 0.329 e. The van der Waals surface area contributed by atoms with Crippen molar-refractivity contribution in [1.82, 2.24) is 9.78 Å². The van der Waals surface area contributed by atoms with Crippen LogP contribution in [0.5, 0.6) is 0 Å². The van der Waals surface area contributed by atoms with Gasteiger partial charge < -0.3 is 9.84 Å². The monoisotopic (exact) mass is 492 g/mol. The second-order valence-electron chi connectivity index (χ2n) is 9.62. The van der Waals surface area contributed by atoms with Crippen LogP contribution in [-0.2, 0) is 22.5 Å². The number of aromatic nitrogens is 2. The van der Waals surface area contributed by atoms with E-state index in [2.05, 4.69) is 72.5 Å². The molecule has 0 radical (unpaired) electrons. The maximum atomic E-state index is 10.7. The fraction of sp³-hybridized carbons (Fsp3) is 0.448. The molecule has 4 rings (SSSR count). The van der Waals surface area contributed by atoms with Gasteiger partial charge in [0.05, 0.1) is 6.61 Å². The molecule has 1 aliphatic rings. The van der Waals surface area contributed by atoms with Gasteiger partial charge in [-0.05, 0) is 68.4 Å². The number of aliphatic carboxylic acids is 1. The lowest BCUT2D eigenvalue weighted by Crippen LogP contribution is -2.24. The van der Waals surface area contributed by atoms with E-state index in [0.29, 0.717) is 18.4 Å². The minimum atomic E-state index is -0.895. The summed E-state index contributed by atoms with van der Waals surface area (Å²) in [5.74, 6) is 1.20. The van der Waals surface area contributed by atoms with Crippen molar-refractivity contribution in [2.45, 2.75) is 45.6 Å². The Kier molecular flexibility index (Phi) is 9.05. The number of carbonyl (C=O) groups is 1. The number of hydrogen-bond acceptors (Lipinski definition) is 4. The molecule has 6 heteroatoms. The van der Waals surface area contributed by atoms with Crippen LogP contribution in [0, 0.1) is 18.8 Å². The van der Waals surface area contributed by atoms with Crippen molar-refractivity contribution >= 4 is 17.7 Å². The molecule has 1 N–H and O–H groups in total. The molecular weight excluding hydrogens is 456 g/mol. The third kappa shape index (κ3) is 6.77. The number of carboxylic acid groups (broad SMARTS) is 1. The molecule has 1 fully saturated rings. The molecular formula is C29H36N2O3S. The smallest absolute Gasteiger partial charge is 0.329 e. The highest BCUT2D eigenvalue weighted by Crippen LogP contribution is 2.37. The predicted molar refractivity (Wildman–Crippen MR) is 144 cm³/mol. The highest BCUT2D eigenvalue weighted by molar-refractivity contribution is 7.98. The van der Waals surface area contributed by atoms with Crippen LogP contribution in [0.4, 0.5) is 0 Å². The van der Waals surface area contributed by atoms with Gasteiger partial charge in [-0.3, -0.25) is 4.68 Å². The van der Waals surface area contributed by atoms with Crippen molar-refractivity contribution in [3.8, 4) is 22.4 Å². The summed E-state index contributed by atoms with van der Waals surface area (Å²) in [6.45, 7) is 3.40. The van der Waals surface area contributed by atoms with E-state index < -0.39 is 5.97 Å². The number of nitrogens with zero attached hydrogens (tertiary/aromatic N) is 2. The molecule has 35 heavy (non-hydrogen) atoms. The lowest BCUT2D eigenvalue weighted by atomic mass is 9.82. The summed E-state index contributed by atoms with van der Waals surface area (Å²) in [6.07, 6.45) is 7.58. The molecule has 1 saturated carbocycles. The van der Waals surface area contributed by atoms with Crippen molar-refractivity contribution in [3.05, 3.63) is 65.9 Å². The standard InChI is InChI=1S/C29H36N2O3S/c1-21-8-14-25(15-9-21)29-28(24-6-4-3-5-7-24)26(16-17-35-2)31(30-29)18-22-10-12-23(13-11-22)19-34-20-27(32)33/h3-9,14-15,22-23H,10-13,16-20H2,1-2H3,(H,32,33)/t22-,23-. The number of rotatable bonds is 11. The summed E-state index contributed by atoms with van der Waals surface area (Å²) in [6, 6.07) is 19.4. The van der Waals surface area contributed by atoms with Crippen molar-refractivity contribution in [1.29, 1.82) is 0 Å². The second-order valence-corrected chi connectivity index (χ2v) is 10.6. The normalized spacial score (nSPS) is 18.0. The van der Waals surface area contributed by atoms with Gasteiger partial charge in [-0.15, -0.1) is 0 Å². The van der Waals surface area contributed by atoms with Gasteiger partial charge in [0.2, 0.25) is 0 Å². The zero-order valence-electron chi connectivity index (χ0n) is 20.8. The third-order valence-electron chi connectivity index (χ3n) is 6.96. The Hall–Kier alpha value is -2.57. The van der Waals surface area contributed by atoms with E-state index in [1.165, 1.54) is 22.4 Å². The number of hydrogen-bond donors (Lipinski definition) is 1. The fourth-order valence-corrected chi connectivity index (χ4v) is 5.46. The van der Waals surface area contributed by atoms with Crippen molar-refractivity contribution in [3.63, 3.8) is 0 Å². The van der Waals surface area contributed by atoms with Gasteiger partial charge in [0.15, 0.2) is 0 Å². The summed E-state index contributed by atoms with van der Waals surface area (Å²) < 4.78 is 7.65. The zero-order valence-corrected chi connectivity index (χ0v) is 21.6. The molecule has 1 aliphatic carbocycles. The first-order valence-corrected chi connectivity index (χ1v) is 13.9. The van der Waals surface area contributed by atoms with Crippen LogP contribution >= 0.6 is 11.8 Å². The van der Waals surface area contributed by atoms with E-state index in [4.69, 9.17) is 14.9 Å². The van der Waals surface area contributed by atoms with E-state index in [-0.39, 0.29) is 6.61 Å². The molecule has 186 valence electrons. The summed E-state index contributed by atoms with van der Waals surface area (Å²) >= 11 is 1.88. The van der Waals surface area contributed by atoms with Crippen LogP contribution in [0.3, 0.4) is 0 Å². The van der Waals surface area contributed by atoms with Crippen LogP contribution in [0.15, 0.2) is 54.6 Å². The summed E-state index contributed by atoms with van der Waals surface area (Å²) in [4.78, 5) is 10.7. The fourth-order valence-electron chi connectivity index (χ4n) is 5.06. The van der Waals surface area contributed by atoms with Crippen molar-refractivity contribution in [2.24, 2.45) is 11.8 Å². The minimum Gasteiger partial charge on any atom is -0.480 e. The van der Waals surface area contributed by atoms with Crippen molar-refractivity contribution < 1.29 is 14.6 Å². The number of benzene rings is 2. The van der Waals surface area contributed by atoms with Crippen LogP contribution in [0.2, 0.25) is 0 Å². The number of carboxylic acids is 1. The molecule has 2 aromatic carbocycles. The third-order valence-corrected chi connectivity index (χ3v) is 7.58. The van der Waals surface area contributed by atoms with Crippen LogP contribution < -0.4 is 0 Å². The van der Waals surface area contributed by atoms with Crippen LogP contribution in [-0.4, -0.2) is 46.1 Å². The van der Waals surface area contributed by atoms with E-state index in [0.717, 1.165) is 55.7 Å². The molecule has 1 heterocycles. The van der Waals surface area contributed by atoms with Gasteiger partial charge >= 0.3 is 5.97 Å². The molecule has 0 amide bonds. The quantitative estimate of drug-likeness (QED) is 0.338. The highest BCUT2D eigenvalue weighted by atomic mass is 32.2. The van der Waals surface area contributed by atoms with E-state index in [1.807, 2.05) is 11.8 Å². The van der Waals surface area contributed by atoms with E-state index in [9.17, 15) is 4.79 Å². The Bertz CT molecular complexity index is 1090. The average Bonchev–Trinajstić information content (AvgIpc) is 3.22. The van der Waals surface area contributed by atoms with Gasteiger partial charge in [0.25, 0.3) is 0 Å². The maximum absolute atomic E-state index is 10.7. The minimum absolute atomic E-state index is 0.198. The average molecular weight is 493 g/mol. The first-order chi connectivity index (χ1) is 17.0. The van der Waals surface area contributed by atoms with Crippen LogP contribution in [0.1, 0.15) is 36.9 Å². The Labute approximate surface area is 212 Å². The van der Waals surface area contributed by atoms with Crippen molar-refractivity contribution in [2.75, 3.05) is 25.2 Å². The highest BCUT2D eigenvalue weighted by Gasteiger charge is 2.26. The predicted octanol–water partition coefficient (Wildman–Crippen LogP) is 6.34. The number of aryl methyl sites for hydroxylation is 1. The summed E-state index contributed by atoms with van der Waals surface area (Å²) in [7, 11) is 0. The lowest BCUT2D eigenvalue weighted by molar-refractivity contribution is -0.142. The first-order valence-electron chi connectivity index (χ1n) is 12.6. The van der Waals surface area contributed by atoms with Gasteiger partial charge in [-0.25, -0.2) is 4.79 Å². The van der Waals surface area contributed by atoms with Gasteiger partial charge in [-0.2, -0.15) is 16.9 Å². The van der Waals surface area contributed by atoms with E-state index >= 15 is 0 Å². The number of thioether (sulfide) groups is 1. The molecule has 0 unspecified atom stereocenters. The Morgan fingerprint density at radius 2 is 1.71 bits per heavy atom. The Balaban J connectivity index is 1.59. The van der Waals surface area contributed by atoms with Gasteiger partial charge in [0, 0.05) is 23.4 Å². The van der Waals surface area contributed by atoms with E-state index in [1.54, 1.807) is 0 Å². The Morgan fingerprint density at radius 3 is 2.37 bits per heavy atom. The van der Waals surface area contributed by atoms with Gasteiger partial charge in [-0.1, -0.05) is 60.2 Å². The molecule has 1 aromatic heterocycles. The lowest BCUT2D eigenvalue weighted by Gasteiger charge is -2.28. The molecule has 0 bridgehead atoms. The molecule has 5 nitrogen and oxygen atoms in total. The topological polar surface area (TPSA) is 64.4 Å². The number of ether oxygens (including phenoxy) is 1.